The van der Waals surface area contributed by atoms with Gasteiger partial charge in [0, 0.05) is 38.3 Å². The third kappa shape index (κ3) is 7.28. The van der Waals surface area contributed by atoms with E-state index in [2.05, 4.69) is 36.2 Å². The Kier molecular flexibility index (Phi) is 8.92. The predicted molar refractivity (Wildman–Crippen MR) is 129 cm³/mol. The molecule has 2 aromatic rings. The Balaban J connectivity index is 1.89. The molecule has 0 aromatic heterocycles. The summed E-state index contributed by atoms with van der Waals surface area (Å²) in [4.78, 5) is 14.6. The van der Waals surface area contributed by atoms with E-state index in [1.54, 1.807) is 0 Å². The average Bonchev–Trinajstić information content (AvgIpc) is 2.72. The molecular formula is C24H35N3O3S. The molecule has 0 aliphatic heterocycles. The Morgan fingerprint density at radius 2 is 1.65 bits per heavy atom. The first-order valence-electron chi connectivity index (χ1n) is 10.8. The second kappa shape index (κ2) is 11.2. The fourth-order valence-corrected chi connectivity index (χ4v) is 4.55. The first kappa shape index (κ1) is 24.7. The van der Waals surface area contributed by atoms with Gasteiger partial charge in [-0.05, 0) is 69.0 Å². The third-order valence-electron chi connectivity index (χ3n) is 5.35. The molecule has 31 heavy (non-hydrogen) atoms. The Morgan fingerprint density at radius 3 is 2.23 bits per heavy atom. The maximum absolute atomic E-state index is 12.3. The minimum absolute atomic E-state index is 0.0813. The van der Waals surface area contributed by atoms with Crippen molar-refractivity contribution in [2.24, 2.45) is 0 Å². The summed E-state index contributed by atoms with van der Waals surface area (Å²) in [5.74, 6) is -0.0813. The summed E-state index contributed by atoms with van der Waals surface area (Å²) in [7, 11) is -3.43. The number of rotatable bonds is 11. The van der Waals surface area contributed by atoms with Crippen LogP contribution in [0.25, 0.3) is 0 Å². The van der Waals surface area contributed by atoms with E-state index >= 15 is 0 Å². The molecule has 170 valence electrons. The highest BCUT2D eigenvalue weighted by molar-refractivity contribution is 7.92. The summed E-state index contributed by atoms with van der Waals surface area (Å²) >= 11 is 0. The van der Waals surface area contributed by atoms with Gasteiger partial charge < -0.3 is 10.2 Å². The number of sulfonamides is 1. The van der Waals surface area contributed by atoms with Gasteiger partial charge in [0.1, 0.15) is 0 Å². The maximum Gasteiger partial charge on any atom is 0.232 e. The van der Waals surface area contributed by atoms with Crippen molar-refractivity contribution in [3.05, 3.63) is 59.2 Å². The highest BCUT2D eigenvalue weighted by Crippen LogP contribution is 2.24. The van der Waals surface area contributed by atoms with Crippen LogP contribution in [0, 0.1) is 13.8 Å². The van der Waals surface area contributed by atoms with Crippen LogP contribution in [0.15, 0.2) is 42.5 Å². The number of carbonyl (C=O) groups is 1. The van der Waals surface area contributed by atoms with Gasteiger partial charge in [-0.1, -0.05) is 24.3 Å². The van der Waals surface area contributed by atoms with E-state index in [0.717, 1.165) is 29.8 Å². The lowest BCUT2D eigenvalue weighted by atomic mass is 10.1. The van der Waals surface area contributed by atoms with Crippen molar-refractivity contribution in [3.63, 3.8) is 0 Å². The lowest BCUT2D eigenvalue weighted by molar-refractivity contribution is -0.121. The number of nitrogens with one attached hydrogen (secondary N) is 1. The van der Waals surface area contributed by atoms with Crippen LogP contribution in [0.3, 0.4) is 0 Å². The van der Waals surface area contributed by atoms with Gasteiger partial charge in [-0.3, -0.25) is 9.10 Å². The molecule has 2 aromatic carbocycles. The molecular weight excluding hydrogens is 410 g/mol. The van der Waals surface area contributed by atoms with Gasteiger partial charge in [0.2, 0.25) is 15.9 Å². The van der Waals surface area contributed by atoms with Gasteiger partial charge in [0.05, 0.1) is 11.9 Å². The van der Waals surface area contributed by atoms with Crippen molar-refractivity contribution in [1.82, 2.24) is 5.32 Å². The summed E-state index contributed by atoms with van der Waals surface area (Å²) in [5.41, 5.74) is 4.79. The number of benzene rings is 2. The van der Waals surface area contributed by atoms with Crippen LogP contribution in [0.4, 0.5) is 11.4 Å². The Bertz CT molecular complexity index is 968. The van der Waals surface area contributed by atoms with Crippen LogP contribution in [-0.4, -0.2) is 40.2 Å². The largest absolute Gasteiger partial charge is 0.372 e. The molecule has 6 nitrogen and oxygen atoms in total. The summed E-state index contributed by atoms with van der Waals surface area (Å²) in [5, 5.41) is 2.93. The lowest BCUT2D eigenvalue weighted by Crippen LogP contribution is -2.32. The van der Waals surface area contributed by atoms with Gasteiger partial charge >= 0.3 is 0 Å². The van der Waals surface area contributed by atoms with Crippen LogP contribution in [0.2, 0.25) is 0 Å². The van der Waals surface area contributed by atoms with E-state index in [1.165, 1.54) is 16.2 Å². The van der Waals surface area contributed by atoms with Crippen LogP contribution in [0.1, 0.15) is 43.4 Å². The van der Waals surface area contributed by atoms with Gasteiger partial charge in [-0.15, -0.1) is 0 Å². The Hall–Kier alpha value is -2.54. The van der Waals surface area contributed by atoms with Crippen molar-refractivity contribution in [2.75, 3.05) is 35.1 Å². The molecule has 0 heterocycles. The summed E-state index contributed by atoms with van der Waals surface area (Å²) in [6.45, 7) is 10.7. The molecule has 0 saturated carbocycles. The quantitative estimate of drug-likeness (QED) is 0.567. The summed E-state index contributed by atoms with van der Waals surface area (Å²) < 4.78 is 26.0. The molecule has 0 saturated heterocycles. The first-order valence-corrected chi connectivity index (χ1v) is 12.7. The second-order valence-electron chi connectivity index (χ2n) is 7.84. The second-order valence-corrected chi connectivity index (χ2v) is 9.75. The molecule has 0 aliphatic rings. The van der Waals surface area contributed by atoms with Crippen molar-refractivity contribution in [3.8, 4) is 0 Å². The molecule has 1 amide bonds. The molecule has 0 atom stereocenters. The van der Waals surface area contributed by atoms with Crippen LogP contribution in [-0.2, 0) is 21.4 Å². The molecule has 7 heteroatoms. The predicted octanol–water partition coefficient (Wildman–Crippen LogP) is 4.01. The topological polar surface area (TPSA) is 69.7 Å². The zero-order valence-electron chi connectivity index (χ0n) is 19.3. The monoisotopic (exact) mass is 445 g/mol. The molecule has 0 bridgehead atoms. The third-order valence-corrected chi connectivity index (χ3v) is 6.53. The highest BCUT2D eigenvalue weighted by Gasteiger charge is 2.19. The molecule has 1 N–H and O–H groups in total. The van der Waals surface area contributed by atoms with Gasteiger partial charge in [-0.2, -0.15) is 0 Å². The molecule has 0 unspecified atom stereocenters. The number of hydrogen-bond donors (Lipinski definition) is 1. The number of carbonyl (C=O) groups excluding carboxylic acids is 1. The van der Waals surface area contributed by atoms with Gasteiger partial charge in [-0.25, -0.2) is 8.42 Å². The number of nitrogens with zero attached hydrogens (tertiary/aromatic N) is 2. The molecule has 0 radical (unpaired) electrons. The Morgan fingerprint density at radius 1 is 1.00 bits per heavy atom. The van der Waals surface area contributed by atoms with E-state index < -0.39 is 10.0 Å². The fourth-order valence-electron chi connectivity index (χ4n) is 3.54. The van der Waals surface area contributed by atoms with Crippen molar-refractivity contribution in [2.45, 2.75) is 47.1 Å². The SMILES string of the molecule is CCN(CC)c1ccc(CNC(=O)CCCN(c2cc(C)ccc2C)S(C)(=O)=O)cc1. The van der Waals surface area contributed by atoms with Crippen molar-refractivity contribution in [1.29, 1.82) is 0 Å². The molecule has 2 rings (SSSR count). The van der Waals surface area contributed by atoms with E-state index in [4.69, 9.17) is 0 Å². The maximum atomic E-state index is 12.3. The lowest BCUT2D eigenvalue weighted by Gasteiger charge is -2.24. The minimum Gasteiger partial charge on any atom is -0.372 e. The van der Waals surface area contributed by atoms with Crippen LogP contribution in [0.5, 0.6) is 0 Å². The average molecular weight is 446 g/mol. The van der Waals surface area contributed by atoms with E-state index in [0.29, 0.717) is 18.7 Å². The molecule has 0 spiro atoms. The number of aryl methyl sites for hydroxylation is 2. The highest BCUT2D eigenvalue weighted by atomic mass is 32.2. The van der Waals surface area contributed by atoms with E-state index in [-0.39, 0.29) is 18.9 Å². The van der Waals surface area contributed by atoms with Crippen LogP contribution < -0.4 is 14.5 Å². The molecule has 0 aliphatic carbocycles. The van der Waals surface area contributed by atoms with Gasteiger partial charge in [0.25, 0.3) is 0 Å². The molecule has 0 fully saturated rings. The first-order chi connectivity index (χ1) is 14.7. The van der Waals surface area contributed by atoms with Crippen molar-refractivity contribution >= 4 is 27.3 Å². The number of hydrogen-bond acceptors (Lipinski definition) is 4. The Labute approximate surface area is 187 Å². The summed E-state index contributed by atoms with van der Waals surface area (Å²) in [6.07, 6.45) is 1.93. The van der Waals surface area contributed by atoms with Crippen molar-refractivity contribution < 1.29 is 13.2 Å². The van der Waals surface area contributed by atoms with Crippen LogP contribution >= 0.6 is 0 Å². The zero-order valence-corrected chi connectivity index (χ0v) is 20.1. The summed E-state index contributed by atoms with van der Waals surface area (Å²) in [6, 6.07) is 14.0. The van der Waals surface area contributed by atoms with Gasteiger partial charge in [0.15, 0.2) is 0 Å². The zero-order chi connectivity index (χ0) is 23.0. The minimum atomic E-state index is -3.43. The smallest absolute Gasteiger partial charge is 0.232 e. The van der Waals surface area contributed by atoms with E-state index in [9.17, 15) is 13.2 Å². The number of amides is 1. The van der Waals surface area contributed by atoms with E-state index in [1.807, 2.05) is 44.2 Å². The fraction of sp³-hybridized carbons (Fsp3) is 0.458. The number of anilines is 2. The normalized spacial score (nSPS) is 11.3. The standard InChI is InChI=1S/C24H35N3O3S/c1-6-26(7-2)22-14-12-21(13-15-22)18-25-24(28)9-8-16-27(31(5,29)30)23-17-19(3)10-11-20(23)4/h10-15,17H,6-9,16,18H2,1-5H3,(H,25,28).